The highest BCUT2D eigenvalue weighted by Crippen LogP contribution is 2.26. The molecular formula is C19H25F3IN5O2. The van der Waals surface area contributed by atoms with Gasteiger partial charge in [-0.2, -0.15) is 0 Å². The summed E-state index contributed by atoms with van der Waals surface area (Å²) in [6.07, 6.45) is -3.17. The number of aliphatic imine (C=N–C) groups is 1. The molecule has 7 nitrogen and oxygen atoms in total. The van der Waals surface area contributed by atoms with Crippen molar-refractivity contribution in [2.75, 3.05) is 32.7 Å². The third-order valence-electron chi connectivity index (χ3n) is 4.48. The van der Waals surface area contributed by atoms with Crippen LogP contribution in [0, 0.1) is 0 Å². The lowest BCUT2D eigenvalue weighted by molar-refractivity contribution is -0.274. The number of hydrogen-bond acceptors (Lipinski definition) is 5. The number of hydrogen-bond donors (Lipinski definition) is 1. The molecule has 1 N–H and O–H groups in total. The molecule has 0 bridgehead atoms. The number of aromatic nitrogens is 1. The van der Waals surface area contributed by atoms with Crippen molar-refractivity contribution < 1.29 is 22.4 Å². The van der Waals surface area contributed by atoms with Crippen LogP contribution in [0.1, 0.15) is 18.2 Å². The number of benzene rings is 1. The third kappa shape index (κ3) is 7.35. The van der Waals surface area contributed by atoms with Gasteiger partial charge in [0.1, 0.15) is 12.0 Å². The number of piperazine rings is 1. The molecule has 0 aliphatic carbocycles. The van der Waals surface area contributed by atoms with Gasteiger partial charge >= 0.3 is 6.36 Å². The lowest BCUT2D eigenvalue weighted by Crippen LogP contribution is -2.52. The van der Waals surface area contributed by atoms with Crippen LogP contribution in [-0.2, 0) is 13.1 Å². The number of ether oxygens (including phenoxy) is 1. The van der Waals surface area contributed by atoms with Crippen LogP contribution < -0.4 is 10.1 Å². The Hall–Kier alpha value is -2.02. The summed E-state index contributed by atoms with van der Waals surface area (Å²) >= 11 is 0. The van der Waals surface area contributed by atoms with Crippen LogP contribution in [0.4, 0.5) is 13.2 Å². The van der Waals surface area contributed by atoms with Crippen molar-refractivity contribution in [3.8, 4) is 5.75 Å². The maximum Gasteiger partial charge on any atom is 0.573 e. The number of nitrogens with zero attached hydrogens (tertiary/aromatic N) is 4. The standard InChI is InChI=1S/C19H24F3N5O2.HI/c1-2-23-18(24-13-15-5-3-4-6-17(15)29-19(20,21)22)27-10-8-26(9-11-27)14-16-7-12-28-25-16;/h3-7,12H,2,8-11,13-14H2,1H3,(H,23,24);1H. The molecule has 1 fully saturated rings. The first-order valence-corrected chi connectivity index (χ1v) is 9.43. The third-order valence-corrected chi connectivity index (χ3v) is 4.48. The van der Waals surface area contributed by atoms with Crippen LogP contribution in [-0.4, -0.2) is 60.0 Å². The van der Waals surface area contributed by atoms with E-state index in [4.69, 9.17) is 4.52 Å². The van der Waals surface area contributed by atoms with Gasteiger partial charge in [-0.1, -0.05) is 23.4 Å². The first kappa shape index (κ1) is 24.3. The molecule has 3 rings (SSSR count). The molecule has 0 spiro atoms. The maximum absolute atomic E-state index is 12.6. The van der Waals surface area contributed by atoms with Gasteiger partial charge in [0.25, 0.3) is 0 Å². The highest BCUT2D eigenvalue weighted by Gasteiger charge is 2.32. The van der Waals surface area contributed by atoms with E-state index in [-0.39, 0.29) is 36.3 Å². The number of halogens is 4. The molecule has 166 valence electrons. The van der Waals surface area contributed by atoms with Gasteiger partial charge in [0, 0.05) is 50.9 Å². The molecule has 30 heavy (non-hydrogen) atoms. The first-order valence-electron chi connectivity index (χ1n) is 9.43. The second-order valence-electron chi connectivity index (χ2n) is 6.58. The Bertz CT molecular complexity index is 794. The topological polar surface area (TPSA) is 66.1 Å². The molecule has 0 radical (unpaired) electrons. The Labute approximate surface area is 190 Å². The van der Waals surface area contributed by atoms with E-state index in [0.717, 1.165) is 38.4 Å². The van der Waals surface area contributed by atoms with Gasteiger partial charge in [-0.25, -0.2) is 4.99 Å². The number of rotatable bonds is 6. The summed E-state index contributed by atoms with van der Waals surface area (Å²) < 4.78 is 46.8. The van der Waals surface area contributed by atoms with Crippen LogP contribution >= 0.6 is 24.0 Å². The van der Waals surface area contributed by atoms with Crippen molar-refractivity contribution >= 4 is 29.9 Å². The molecule has 1 saturated heterocycles. The van der Waals surface area contributed by atoms with Gasteiger partial charge in [0.05, 0.1) is 12.2 Å². The molecule has 0 unspecified atom stereocenters. The van der Waals surface area contributed by atoms with E-state index in [1.54, 1.807) is 18.4 Å². The van der Waals surface area contributed by atoms with E-state index in [2.05, 4.69) is 30.0 Å². The molecule has 2 heterocycles. The van der Waals surface area contributed by atoms with E-state index in [0.29, 0.717) is 18.1 Å². The Kier molecular flexibility index (Phi) is 9.21. The van der Waals surface area contributed by atoms with Gasteiger partial charge in [0.15, 0.2) is 5.96 Å². The zero-order chi connectivity index (χ0) is 20.7. The summed E-state index contributed by atoms with van der Waals surface area (Å²) in [6.45, 7) is 6.59. The molecule has 11 heteroatoms. The van der Waals surface area contributed by atoms with Gasteiger partial charge in [-0.15, -0.1) is 37.1 Å². The fraction of sp³-hybridized carbons (Fsp3) is 0.474. The highest BCUT2D eigenvalue weighted by molar-refractivity contribution is 14.0. The van der Waals surface area contributed by atoms with Crippen LogP contribution in [0.25, 0.3) is 0 Å². The van der Waals surface area contributed by atoms with Crippen LogP contribution in [0.5, 0.6) is 5.75 Å². The van der Waals surface area contributed by atoms with Crippen LogP contribution in [0.15, 0.2) is 46.1 Å². The number of alkyl halides is 3. The summed E-state index contributed by atoms with van der Waals surface area (Å²) in [7, 11) is 0. The predicted octanol–water partition coefficient (Wildman–Crippen LogP) is 3.47. The molecule has 0 amide bonds. The van der Waals surface area contributed by atoms with Gasteiger partial charge in [-0.3, -0.25) is 4.90 Å². The highest BCUT2D eigenvalue weighted by atomic mass is 127. The van der Waals surface area contributed by atoms with E-state index in [1.807, 2.05) is 13.0 Å². The van der Waals surface area contributed by atoms with Gasteiger partial charge in [0.2, 0.25) is 0 Å². The Morgan fingerprint density at radius 2 is 1.93 bits per heavy atom. The van der Waals surface area contributed by atoms with Crippen molar-refractivity contribution in [1.82, 2.24) is 20.3 Å². The summed E-state index contributed by atoms with van der Waals surface area (Å²) in [4.78, 5) is 8.91. The zero-order valence-electron chi connectivity index (χ0n) is 16.6. The molecule has 1 aliphatic heterocycles. The summed E-state index contributed by atoms with van der Waals surface area (Å²) in [5, 5.41) is 7.15. The lowest BCUT2D eigenvalue weighted by atomic mass is 10.2. The Morgan fingerprint density at radius 1 is 1.20 bits per heavy atom. The largest absolute Gasteiger partial charge is 0.573 e. The molecule has 2 aromatic rings. The normalized spacial score (nSPS) is 15.6. The molecule has 1 aliphatic rings. The molecule has 1 aromatic carbocycles. The summed E-state index contributed by atoms with van der Waals surface area (Å²) in [5.74, 6) is 0.451. The van der Waals surface area contributed by atoms with Crippen LogP contribution in [0.3, 0.4) is 0 Å². The Morgan fingerprint density at radius 3 is 2.57 bits per heavy atom. The second-order valence-corrected chi connectivity index (χ2v) is 6.58. The number of para-hydroxylation sites is 1. The monoisotopic (exact) mass is 539 g/mol. The van der Waals surface area contributed by atoms with Gasteiger partial charge in [-0.05, 0) is 13.0 Å². The number of guanidine groups is 1. The summed E-state index contributed by atoms with van der Waals surface area (Å²) in [5.41, 5.74) is 1.27. The van der Waals surface area contributed by atoms with Crippen molar-refractivity contribution in [3.63, 3.8) is 0 Å². The van der Waals surface area contributed by atoms with Gasteiger partial charge < -0.3 is 19.5 Å². The average molecular weight is 539 g/mol. The first-order chi connectivity index (χ1) is 13.9. The minimum absolute atomic E-state index is 0. The molecule has 0 atom stereocenters. The Balaban J connectivity index is 0.00000320. The van der Waals surface area contributed by atoms with Crippen molar-refractivity contribution in [2.45, 2.75) is 26.4 Å². The average Bonchev–Trinajstić information content (AvgIpc) is 3.19. The smallest absolute Gasteiger partial charge is 0.405 e. The molecule has 0 saturated carbocycles. The van der Waals surface area contributed by atoms with E-state index < -0.39 is 6.36 Å². The zero-order valence-corrected chi connectivity index (χ0v) is 18.9. The number of nitrogens with one attached hydrogen (secondary N) is 1. The van der Waals surface area contributed by atoms with E-state index in [9.17, 15) is 13.2 Å². The van der Waals surface area contributed by atoms with Crippen molar-refractivity contribution in [2.24, 2.45) is 4.99 Å². The van der Waals surface area contributed by atoms with Crippen molar-refractivity contribution in [3.05, 3.63) is 47.9 Å². The maximum atomic E-state index is 12.6. The molecular weight excluding hydrogens is 514 g/mol. The second kappa shape index (κ2) is 11.4. The summed E-state index contributed by atoms with van der Waals surface area (Å²) in [6, 6.07) is 7.91. The molecule has 1 aromatic heterocycles. The predicted molar refractivity (Wildman–Crippen MR) is 117 cm³/mol. The SMILES string of the molecule is CCNC(=NCc1ccccc1OC(F)(F)F)N1CCN(Cc2ccon2)CC1.I. The van der Waals surface area contributed by atoms with Crippen molar-refractivity contribution in [1.29, 1.82) is 0 Å². The van der Waals surface area contributed by atoms with E-state index in [1.165, 1.54) is 12.1 Å². The fourth-order valence-corrected chi connectivity index (χ4v) is 3.11. The fourth-order valence-electron chi connectivity index (χ4n) is 3.11. The lowest BCUT2D eigenvalue weighted by Gasteiger charge is -2.36. The minimum Gasteiger partial charge on any atom is -0.405 e. The van der Waals surface area contributed by atoms with E-state index >= 15 is 0 Å². The minimum atomic E-state index is -4.73. The van der Waals surface area contributed by atoms with Crippen LogP contribution in [0.2, 0.25) is 0 Å². The quantitative estimate of drug-likeness (QED) is 0.345.